The number of hydrogen-bond donors (Lipinski definition) is 1. The van der Waals surface area contributed by atoms with Gasteiger partial charge in [-0.15, -0.1) is 0 Å². The number of benzene rings is 2. The van der Waals surface area contributed by atoms with Crippen molar-refractivity contribution >= 4 is 50.1 Å². The molecule has 2 aromatic carbocycles. The van der Waals surface area contributed by atoms with Crippen LogP contribution in [0.15, 0.2) is 47.4 Å². The van der Waals surface area contributed by atoms with Crippen LogP contribution in [0, 0.1) is 0 Å². The molecule has 0 spiro atoms. The van der Waals surface area contributed by atoms with Crippen LogP contribution >= 0.6 is 23.2 Å². The van der Waals surface area contributed by atoms with Gasteiger partial charge >= 0.3 is 5.97 Å². The molecule has 0 saturated heterocycles. The molecule has 1 N–H and O–H groups in total. The lowest BCUT2D eigenvalue weighted by Gasteiger charge is -2.11. The second kappa shape index (κ2) is 6.25. The summed E-state index contributed by atoms with van der Waals surface area (Å²) in [6, 6.07) is 9.40. The molecule has 3 rings (SSSR count). The molecule has 0 saturated carbocycles. The molecule has 0 bridgehead atoms. The summed E-state index contributed by atoms with van der Waals surface area (Å²) >= 11 is 11.8. The highest BCUT2D eigenvalue weighted by Gasteiger charge is 2.28. The quantitative estimate of drug-likeness (QED) is 0.678. The van der Waals surface area contributed by atoms with Crippen LogP contribution in [-0.4, -0.2) is 30.6 Å². The van der Waals surface area contributed by atoms with Gasteiger partial charge in [0.1, 0.15) is 11.4 Å². The monoisotopic (exact) mass is 399 g/mol. The Hall–Kier alpha value is -2.22. The van der Waals surface area contributed by atoms with E-state index in [1.807, 2.05) is 0 Å². The maximum atomic E-state index is 13.1. The van der Waals surface area contributed by atoms with E-state index < -0.39 is 16.0 Å². The van der Waals surface area contributed by atoms with E-state index in [1.165, 1.54) is 42.5 Å². The van der Waals surface area contributed by atoms with Gasteiger partial charge in [-0.25, -0.2) is 17.2 Å². The van der Waals surface area contributed by atoms with E-state index in [2.05, 4.69) is 4.74 Å². The maximum absolute atomic E-state index is 13.1. The first-order valence-electron chi connectivity index (χ1n) is 6.89. The molecule has 130 valence electrons. The fourth-order valence-electron chi connectivity index (χ4n) is 2.44. The molecule has 0 aliphatic heterocycles. The van der Waals surface area contributed by atoms with Crippen molar-refractivity contribution < 1.29 is 23.1 Å². The predicted octanol–water partition coefficient (Wildman–Crippen LogP) is 3.68. The SMILES string of the molecule is COC(=O)c1cc2c(O)cccc2n1S(=O)(=O)c1ccc(Cl)c(Cl)c1. The van der Waals surface area contributed by atoms with Gasteiger partial charge in [0, 0.05) is 5.39 Å². The van der Waals surface area contributed by atoms with Gasteiger partial charge in [0.25, 0.3) is 10.0 Å². The summed E-state index contributed by atoms with van der Waals surface area (Å²) in [5, 5.41) is 10.4. The number of rotatable bonds is 3. The third kappa shape index (κ3) is 2.84. The Balaban J connectivity index is 2.38. The molecule has 1 heterocycles. The number of phenols is 1. The van der Waals surface area contributed by atoms with E-state index in [9.17, 15) is 18.3 Å². The van der Waals surface area contributed by atoms with Crippen LogP contribution in [0.4, 0.5) is 0 Å². The van der Waals surface area contributed by atoms with Crippen molar-refractivity contribution in [1.82, 2.24) is 3.97 Å². The highest BCUT2D eigenvalue weighted by Crippen LogP contribution is 2.33. The van der Waals surface area contributed by atoms with E-state index in [0.29, 0.717) is 0 Å². The summed E-state index contributed by atoms with van der Waals surface area (Å²) in [6.45, 7) is 0. The second-order valence-corrected chi connectivity index (χ2v) is 7.68. The second-order valence-electron chi connectivity index (χ2n) is 5.08. The zero-order valence-electron chi connectivity index (χ0n) is 12.7. The van der Waals surface area contributed by atoms with Gasteiger partial charge in [-0.2, -0.15) is 0 Å². The zero-order chi connectivity index (χ0) is 18.4. The summed E-state index contributed by atoms with van der Waals surface area (Å²) in [4.78, 5) is 11.9. The molecule has 6 nitrogen and oxygen atoms in total. The van der Waals surface area contributed by atoms with E-state index >= 15 is 0 Å². The number of aromatic nitrogens is 1. The third-order valence-corrected chi connectivity index (χ3v) is 6.07. The van der Waals surface area contributed by atoms with Crippen molar-refractivity contribution in [1.29, 1.82) is 0 Å². The Labute approximate surface area is 153 Å². The van der Waals surface area contributed by atoms with Gasteiger partial charge in [-0.1, -0.05) is 29.3 Å². The number of phenolic OH excluding ortho intramolecular Hbond substituents is 1. The molecule has 0 fully saturated rings. The largest absolute Gasteiger partial charge is 0.507 e. The lowest BCUT2D eigenvalue weighted by Crippen LogP contribution is -2.19. The molecule has 0 atom stereocenters. The number of ether oxygens (including phenoxy) is 1. The number of nitrogens with zero attached hydrogens (tertiary/aromatic N) is 1. The first-order valence-corrected chi connectivity index (χ1v) is 9.09. The fraction of sp³-hybridized carbons (Fsp3) is 0.0625. The summed E-state index contributed by atoms with van der Waals surface area (Å²) in [5.41, 5.74) is -0.114. The molecule has 9 heteroatoms. The number of aromatic hydroxyl groups is 1. The van der Waals surface area contributed by atoms with Crippen LogP contribution in [-0.2, 0) is 14.8 Å². The number of halogens is 2. The number of carbonyl (C=O) groups is 1. The van der Waals surface area contributed by atoms with Gasteiger partial charge in [0.2, 0.25) is 0 Å². The van der Waals surface area contributed by atoms with Gasteiger partial charge in [-0.3, -0.25) is 0 Å². The number of methoxy groups -OCH3 is 1. The molecule has 3 aromatic rings. The van der Waals surface area contributed by atoms with E-state index in [-0.39, 0.29) is 37.3 Å². The molecule has 1 aromatic heterocycles. The highest BCUT2D eigenvalue weighted by molar-refractivity contribution is 7.90. The first kappa shape index (κ1) is 17.6. The Morgan fingerprint density at radius 3 is 2.48 bits per heavy atom. The van der Waals surface area contributed by atoms with Crippen molar-refractivity contribution in [3.8, 4) is 5.75 Å². The molecular formula is C16H11Cl2NO5S. The van der Waals surface area contributed by atoms with E-state index in [4.69, 9.17) is 23.2 Å². The normalized spacial score (nSPS) is 11.6. The summed E-state index contributed by atoms with van der Waals surface area (Å²) in [6.07, 6.45) is 0. The minimum atomic E-state index is -4.20. The van der Waals surface area contributed by atoms with Crippen molar-refractivity contribution in [3.05, 3.63) is 58.2 Å². The zero-order valence-corrected chi connectivity index (χ0v) is 15.1. The average Bonchev–Trinajstić information content (AvgIpc) is 2.98. The van der Waals surface area contributed by atoms with E-state index in [1.54, 1.807) is 0 Å². The maximum Gasteiger partial charge on any atom is 0.355 e. The molecule has 0 unspecified atom stereocenters. The van der Waals surface area contributed by atoms with Crippen LogP contribution in [0.25, 0.3) is 10.9 Å². The smallest absolute Gasteiger partial charge is 0.355 e. The van der Waals surface area contributed by atoms with Crippen molar-refractivity contribution in [2.75, 3.05) is 7.11 Å². The van der Waals surface area contributed by atoms with Gasteiger partial charge in [-0.05, 0) is 36.4 Å². The minimum absolute atomic E-state index is 0.0571. The van der Waals surface area contributed by atoms with Gasteiger partial charge in [0.05, 0.1) is 27.6 Å². The predicted molar refractivity (Wildman–Crippen MR) is 94.0 cm³/mol. The third-order valence-electron chi connectivity index (χ3n) is 3.60. The molecule has 0 amide bonds. The van der Waals surface area contributed by atoms with Crippen LogP contribution in [0.3, 0.4) is 0 Å². The summed E-state index contributed by atoms with van der Waals surface area (Å²) in [5.74, 6) is -1.02. The van der Waals surface area contributed by atoms with Crippen molar-refractivity contribution in [2.24, 2.45) is 0 Å². The molecule has 0 aliphatic carbocycles. The fourth-order valence-corrected chi connectivity index (χ4v) is 4.32. The van der Waals surface area contributed by atoms with Crippen LogP contribution < -0.4 is 0 Å². The molecule has 0 aliphatic rings. The molecular weight excluding hydrogens is 389 g/mol. The summed E-state index contributed by atoms with van der Waals surface area (Å²) in [7, 11) is -3.07. The lowest BCUT2D eigenvalue weighted by atomic mass is 10.2. The van der Waals surface area contributed by atoms with E-state index in [0.717, 1.165) is 11.1 Å². The van der Waals surface area contributed by atoms with Crippen molar-refractivity contribution in [3.63, 3.8) is 0 Å². The number of carbonyl (C=O) groups excluding carboxylic acids is 1. The molecule has 0 radical (unpaired) electrons. The minimum Gasteiger partial charge on any atom is -0.507 e. The number of hydrogen-bond acceptors (Lipinski definition) is 5. The highest BCUT2D eigenvalue weighted by atomic mass is 35.5. The Bertz CT molecular complexity index is 1110. The number of fused-ring (bicyclic) bond motifs is 1. The lowest BCUT2D eigenvalue weighted by molar-refractivity contribution is 0.0593. The Morgan fingerprint density at radius 1 is 1.12 bits per heavy atom. The Morgan fingerprint density at radius 2 is 1.84 bits per heavy atom. The number of esters is 1. The molecule has 25 heavy (non-hydrogen) atoms. The van der Waals surface area contributed by atoms with Gasteiger partial charge < -0.3 is 9.84 Å². The first-order chi connectivity index (χ1) is 11.8. The summed E-state index contributed by atoms with van der Waals surface area (Å²) < 4.78 is 31.7. The van der Waals surface area contributed by atoms with Crippen LogP contribution in [0.5, 0.6) is 5.75 Å². The van der Waals surface area contributed by atoms with Gasteiger partial charge in [0.15, 0.2) is 0 Å². The average molecular weight is 400 g/mol. The Kier molecular flexibility index (Phi) is 4.40. The topological polar surface area (TPSA) is 85.6 Å². The standard InChI is InChI=1S/C16H11Cl2NO5S/c1-24-16(21)14-8-10-13(3-2-4-15(10)20)19(14)25(22,23)9-5-6-11(17)12(18)7-9/h2-8,20H,1H3. The van der Waals surface area contributed by atoms with Crippen LogP contribution in [0.1, 0.15) is 10.5 Å². The van der Waals surface area contributed by atoms with Crippen LogP contribution in [0.2, 0.25) is 10.0 Å². The van der Waals surface area contributed by atoms with Crippen molar-refractivity contribution in [2.45, 2.75) is 4.90 Å².